The summed E-state index contributed by atoms with van der Waals surface area (Å²) in [4.78, 5) is 28.1. The molecule has 110 valence electrons. The highest BCUT2D eigenvalue weighted by Crippen LogP contribution is 2.08. The molecule has 1 fully saturated rings. The highest BCUT2D eigenvalue weighted by Gasteiger charge is 2.25. The molecule has 2 rings (SSSR count). The number of rotatable bonds is 5. The van der Waals surface area contributed by atoms with Crippen molar-refractivity contribution >= 4 is 12.0 Å². The Labute approximate surface area is 116 Å². The first-order chi connectivity index (χ1) is 9.65. The van der Waals surface area contributed by atoms with Gasteiger partial charge in [-0.2, -0.15) is 0 Å². The zero-order valence-corrected chi connectivity index (χ0v) is 11.1. The minimum Gasteiger partial charge on any atom is -0.481 e. The third-order valence-corrected chi connectivity index (χ3v) is 3.03. The molecule has 0 saturated carbocycles. The number of urea groups is 1. The van der Waals surface area contributed by atoms with Crippen LogP contribution in [0.2, 0.25) is 0 Å². The number of carbonyl (C=O) groups excluding carboxylic acids is 1. The maximum Gasteiger partial charge on any atom is 0.317 e. The second kappa shape index (κ2) is 6.90. The number of aliphatic carboxylic acids is 1. The SMILES string of the molecule is O=C(O)CC1CN(C(=O)NCCn2ccnc2)CCO1. The molecule has 0 bridgehead atoms. The normalized spacial score (nSPS) is 18.8. The molecule has 8 nitrogen and oxygen atoms in total. The molecule has 20 heavy (non-hydrogen) atoms. The van der Waals surface area contributed by atoms with Crippen LogP contribution < -0.4 is 5.32 Å². The zero-order chi connectivity index (χ0) is 14.4. The lowest BCUT2D eigenvalue weighted by Crippen LogP contribution is -2.50. The van der Waals surface area contributed by atoms with Crippen LogP contribution in [-0.4, -0.2) is 63.9 Å². The molecule has 1 atom stereocenters. The Hall–Kier alpha value is -2.09. The number of amides is 2. The number of ether oxygens (including phenoxy) is 1. The standard InChI is InChI=1S/C12H18N4O4/c17-11(18)7-10-8-16(5-6-20-10)12(19)14-2-4-15-3-1-13-9-15/h1,3,9-10H,2,4-8H2,(H,14,19)(H,17,18). The first-order valence-electron chi connectivity index (χ1n) is 6.47. The largest absolute Gasteiger partial charge is 0.481 e. The van der Waals surface area contributed by atoms with Crippen LogP contribution >= 0.6 is 0 Å². The highest BCUT2D eigenvalue weighted by molar-refractivity contribution is 5.74. The molecule has 1 unspecified atom stereocenters. The van der Waals surface area contributed by atoms with E-state index in [1.54, 1.807) is 17.4 Å². The first-order valence-corrected chi connectivity index (χ1v) is 6.47. The van der Waals surface area contributed by atoms with Crippen LogP contribution in [0.5, 0.6) is 0 Å². The van der Waals surface area contributed by atoms with Crippen molar-refractivity contribution in [3.63, 3.8) is 0 Å². The summed E-state index contributed by atoms with van der Waals surface area (Å²) >= 11 is 0. The Morgan fingerprint density at radius 2 is 2.35 bits per heavy atom. The monoisotopic (exact) mass is 282 g/mol. The Bertz CT molecular complexity index is 448. The van der Waals surface area contributed by atoms with E-state index < -0.39 is 12.1 Å². The van der Waals surface area contributed by atoms with Gasteiger partial charge in [-0.05, 0) is 0 Å². The van der Waals surface area contributed by atoms with Crippen molar-refractivity contribution in [3.05, 3.63) is 18.7 Å². The Balaban J connectivity index is 1.72. The Morgan fingerprint density at radius 3 is 3.05 bits per heavy atom. The van der Waals surface area contributed by atoms with Gasteiger partial charge < -0.3 is 24.6 Å². The van der Waals surface area contributed by atoms with Crippen LogP contribution in [0.15, 0.2) is 18.7 Å². The van der Waals surface area contributed by atoms with Gasteiger partial charge in [0.25, 0.3) is 0 Å². The molecule has 1 aliphatic heterocycles. The Morgan fingerprint density at radius 1 is 1.50 bits per heavy atom. The third-order valence-electron chi connectivity index (χ3n) is 3.03. The van der Waals surface area contributed by atoms with E-state index in [1.807, 2.05) is 10.8 Å². The lowest BCUT2D eigenvalue weighted by Gasteiger charge is -2.32. The quantitative estimate of drug-likeness (QED) is 0.777. The smallest absolute Gasteiger partial charge is 0.317 e. The van der Waals surface area contributed by atoms with Crippen molar-refractivity contribution in [1.29, 1.82) is 0 Å². The summed E-state index contributed by atoms with van der Waals surface area (Å²) in [5.41, 5.74) is 0. The molecule has 1 aliphatic rings. The predicted octanol–water partition coefficient (Wildman–Crippen LogP) is -0.232. The summed E-state index contributed by atoms with van der Waals surface area (Å²) < 4.78 is 7.19. The van der Waals surface area contributed by atoms with Gasteiger partial charge in [-0.1, -0.05) is 0 Å². The van der Waals surface area contributed by atoms with E-state index in [0.717, 1.165) is 0 Å². The summed E-state index contributed by atoms with van der Waals surface area (Å²) in [6.45, 7) is 2.30. The first kappa shape index (κ1) is 14.3. The maximum absolute atomic E-state index is 11.9. The lowest BCUT2D eigenvalue weighted by molar-refractivity contribution is -0.141. The van der Waals surface area contributed by atoms with Gasteiger partial charge >= 0.3 is 12.0 Å². The predicted molar refractivity (Wildman–Crippen MR) is 69.2 cm³/mol. The van der Waals surface area contributed by atoms with Crippen molar-refractivity contribution in [2.24, 2.45) is 0 Å². The molecular formula is C12H18N4O4. The summed E-state index contributed by atoms with van der Waals surface area (Å²) in [7, 11) is 0. The number of nitrogens with one attached hydrogen (secondary N) is 1. The lowest BCUT2D eigenvalue weighted by atomic mass is 10.2. The summed E-state index contributed by atoms with van der Waals surface area (Å²) in [6.07, 6.45) is 4.67. The number of imidazole rings is 1. The average molecular weight is 282 g/mol. The number of carboxylic acid groups (broad SMARTS) is 1. The fraction of sp³-hybridized carbons (Fsp3) is 0.583. The molecule has 0 radical (unpaired) electrons. The van der Waals surface area contributed by atoms with Gasteiger partial charge in [0.2, 0.25) is 0 Å². The zero-order valence-electron chi connectivity index (χ0n) is 11.1. The number of aromatic nitrogens is 2. The molecule has 1 aromatic heterocycles. The van der Waals surface area contributed by atoms with E-state index in [4.69, 9.17) is 9.84 Å². The number of nitrogens with zero attached hydrogens (tertiary/aromatic N) is 3. The molecule has 0 aliphatic carbocycles. The van der Waals surface area contributed by atoms with Crippen LogP contribution in [0, 0.1) is 0 Å². The second-order valence-electron chi connectivity index (χ2n) is 4.57. The number of hydrogen-bond donors (Lipinski definition) is 2. The van der Waals surface area contributed by atoms with Crippen molar-refractivity contribution in [1.82, 2.24) is 19.8 Å². The van der Waals surface area contributed by atoms with Crippen LogP contribution in [0.4, 0.5) is 4.79 Å². The molecule has 2 heterocycles. The van der Waals surface area contributed by atoms with Gasteiger partial charge in [-0.25, -0.2) is 9.78 Å². The number of carboxylic acids is 1. The van der Waals surface area contributed by atoms with Gasteiger partial charge in [0.15, 0.2) is 0 Å². The van der Waals surface area contributed by atoms with Crippen LogP contribution in [-0.2, 0) is 16.1 Å². The molecule has 2 amide bonds. The molecule has 1 aromatic rings. The minimum absolute atomic E-state index is 0.0845. The fourth-order valence-corrected chi connectivity index (χ4v) is 2.04. The summed E-state index contributed by atoms with van der Waals surface area (Å²) in [5, 5.41) is 11.5. The van der Waals surface area contributed by atoms with Gasteiger partial charge in [0.1, 0.15) is 0 Å². The summed E-state index contributed by atoms with van der Waals surface area (Å²) in [5.74, 6) is -0.919. The summed E-state index contributed by atoms with van der Waals surface area (Å²) in [6, 6.07) is -0.191. The van der Waals surface area contributed by atoms with Crippen molar-refractivity contribution in [2.75, 3.05) is 26.2 Å². The van der Waals surface area contributed by atoms with E-state index in [2.05, 4.69) is 10.3 Å². The molecule has 8 heteroatoms. The number of carbonyl (C=O) groups is 2. The molecule has 0 aromatic carbocycles. The van der Waals surface area contributed by atoms with Crippen molar-refractivity contribution in [3.8, 4) is 0 Å². The Kier molecular flexibility index (Phi) is 4.94. The molecular weight excluding hydrogens is 264 g/mol. The second-order valence-corrected chi connectivity index (χ2v) is 4.57. The van der Waals surface area contributed by atoms with Gasteiger partial charge in [0, 0.05) is 38.6 Å². The van der Waals surface area contributed by atoms with Crippen LogP contribution in [0.25, 0.3) is 0 Å². The van der Waals surface area contributed by atoms with Gasteiger partial charge in [0.05, 0.1) is 25.5 Å². The fourth-order valence-electron chi connectivity index (χ4n) is 2.04. The number of morpholine rings is 1. The van der Waals surface area contributed by atoms with E-state index >= 15 is 0 Å². The number of hydrogen-bond acceptors (Lipinski definition) is 4. The molecule has 1 saturated heterocycles. The van der Waals surface area contributed by atoms with E-state index in [-0.39, 0.29) is 12.5 Å². The van der Waals surface area contributed by atoms with Gasteiger partial charge in [-0.3, -0.25) is 4.79 Å². The van der Waals surface area contributed by atoms with Crippen molar-refractivity contribution < 1.29 is 19.4 Å². The van der Waals surface area contributed by atoms with E-state index in [1.165, 1.54) is 0 Å². The van der Waals surface area contributed by atoms with E-state index in [9.17, 15) is 9.59 Å². The van der Waals surface area contributed by atoms with Crippen LogP contribution in [0.1, 0.15) is 6.42 Å². The molecule has 0 spiro atoms. The highest BCUT2D eigenvalue weighted by atomic mass is 16.5. The maximum atomic E-state index is 11.9. The van der Waals surface area contributed by atoms with E-state index in [0.29, 0.717) is 32.8 Å². The third kappa shape index (κ3) is 4.23. The minimum atomic E-state index is -0.919. The topological polar surface area (TPSA) is 96.7 Å². The molecule has 2 N–H and O–H groups in total. The van der Waals surface area contributed by atoms with Gasteiger partial charge in [-0.15, -0.1) is 0 Å². The van der Waals surface area contributed by atoms with Crippen LogP contribution in [0.3, 0.4) is 0 Å². The average Bonchev–Trinajstić information content (AvgIpc) is 2.91. The van der Waals surface area contributed by atoms with Crippen molar-refractivity contribution in [2.45, 2.75) is 19.1 Å².